The van der Waals surface area contributed by atoms with E-state index in [1.165, 1.54) is 100 Å². The quantitative estimate of drug-likeness (QED) is 0.0329. The summed E-state index contributed by atoms with van der Waals surface area (Å²) in [6.45, 7) is 0.448. The molecule has 0 radical (unpaired) electrons. The zero-order valence-electron chi connectivity index (χ0n) is 55.7. The number of benzene rings is 4. The highest BCUT2D eigenvalue weighted by molar-refractivity contribution is 6.06. The van der Waals surface area contributed by atoms with Gasteiger partial charge in [0.25, 0.3) is 17.7 Å². The molecule has 0 fully saturated rings. The van der Waals surface area contributed by atoms with Crippen LogP contribution in [-0.4, -0.2) is 127 Å². The van der Waals surface area contributed by atoms with Crippen LogP contribution in [0, 0.1) is 34.9 Å². The molecule has 0 saturated heterocycles. The first kappa shape index (κ1) is 70.6. The zero-order chi connectivity index (χ0) is 74.8. The predicted molar refractivity (Wildman–Crippen MR) is 373 cm³/mol. The first-order valence-corrected chi connectivity index (χ1v) is 31.7. The lowest BCUT2D eigenvalue weighted by Gasteiger charge is -2.11. The van der Waals surface area contributed by atoms with Crippen molar-refractivity contribution < 1.29 is 54.3 Å². The van der Waals surface area contributed by atoms with E-state index in [0.717, 1.165) is 23.8 Å². The molecule has 0 spiro atoms. The standard InChI is InChI=1S/C27H24F2N8O2.C22H16F2N8O2.C21H15F2N9O2/c1-36(2)14-16-5-3-6-17(11-16)27(38)32-22-13-31-26(33-25(22)30)21-12-23(20-9-10-39-35-20)37(34-21)15-18-7-4-8-19(28)24(18)29;23-14-3-1-2-13(19(14)24)11-32-18(15-5-7-34-31-15)8-16(30-32)21-27-10-17(20(25)29-21)28-22(33)12-4-6-26-9-12;22-12-3-1-2-11(18(12)23)10-32-17(13-5-7-34-31-13)8-15(30-32)20-25-9-16(19(24)28-20)27-21(33)14-4-6-26-29-14/h3-13H,14-15H2,1-2H3,(H,32,38)(H2,30,31,33);1-10,26H,11H2,(H,28,33)(H2,25,27,29);1-9H,10H2,(H,26,29)(H,27,33)(H2,24,25,28). The number of anilines is 6. The van der Waals surface area contributed by atoms with E-state index in [1.54, 1.807) is 67.0 Å². The number of nitrogens with zero attached hydrogens (tertiary/aromatic N) is 17. The van der Waals surface area contributed by atoms with Crippen LogP contribution >= 0.6 is 0 Å². The van der Waals surface area contributed by atoms with Crippen LogP contribution < -0.4 is 33.2 Å². The van der Waals surface area contributed by atoms with E-state index in [2.05, 4.69) is 91.8 Å². The minimum Gasteiger partial charge on any atom is -0.382 e. The maximum atomic E-state index is 14.4. The second kappa shape index (κ2) is 31.2. The summed E-state index contributed by atoms with van der Waals surface area (Å²) < 4.78 is 103. The number of hydrogen-bond donors (Lipinski definition) is 8. The second-order valence-electron chi connectivity index (χ2n) is 23.4. The van der Waals surface area contributed by atoms with Crippen LogP contribution in [0.5, 0.6) is 0 Å². The maximum absolute atomic E-state index is 14.4. The smallest absolute Gasteiger partial charge is 0.273 e. The predicted octanol–water partition coefficient (Wildman–Crippen LogP) is 10.6. The number of nitrogen functional groups attached to an aromatic ring is 3. The maximum Gasteiger partial charge on any atom is 0.273 e. The number of hydrogen-bond acceptors (Lipinski definition) is 23. The molecule has 15 aromatic rings. The minimum atomic E-state index is -0.969. The molecule has 11 heterocycles. The number of nitrogens with one attached hydrogen (secondary N) is 5. The summed E-state index contributed by atoms with van der Waals surface area (Å²) in [5.41, 5.74) is 24.9. The van der Waals surface area contributed by atoms with Crippen molar-refractivity contribution in [2.24, 2.45) is 0 Å². The number of H-pyrrole nitrogens is 2. The summed E-state index contributed by atoms with van der Waals surface area (Å²) >= 11 is 0. The van der Waals surface area contributed by atoms with E-state index >= 15 is 0 Å². The van der Waals surface area contributed by atoms with Crippen molar-refractivity contribution in [2.45, 2.75) is 26.2 Å². The van der Waals surface area contributed by atoms with E-state index in [4.69, 9.17) is 30.8 Å². The van der Waals surface area contributed by atoms with E-state index in [9.17, 15) is 40.7 Å². The van der Waals surface area contributed by atoms with Crippen LogP contribution in [0.4, 0.5) is 60.9 Å². The summed E-state index contributed by atoms with van der Waals surface area (Å²) in [4.78, 5) is 67.7. The molecule has 3 amide bonds. The fourth-order valence-corrected chi connectivity index (χ4v) is 10.5. The first-order chi connectivity index (χ1) is 51.8. The van der Waals surface area contributed by atoms with Gasteiger partial charge in [0, 0.05) is 65.6 Å². The van der Waals surface area contributed by atoms with Gasteiger partial charge in [0.05, 0.1) is 60.9 Å². The molecule has 0 aliphatic carbocycles. The summed E-state index contributed by atoms with van der Waals surface area (Å²) in [6, 6.07) is 31.8. The Kier molecular flexibility index (Phi) is 20.6. The van der Waals surface area contributed by atoms with Gasteiger partial charge in [-0.15, -0.1) is 0 Å². The third kappa shape index (κ3) is 16.3. The van der Waals surface area contributed by atoms with Gasteiger partial charge >= 0.3 is 0 Å². The molecule has 107 heavy (non-hydrogen) atoms. The number of amides is 3. The minimum absolute atomic E-state index is 0.00609. The highest BCUT2D eigenvalue weighted by Gasteiger charge is 2.24. The van der Waals surface area contributed by atoms with Gasteiger partial charge in [-0.2, -0.15) is 20.4 Å². The van der Waals surface area contributed by atoms with Crippen LogP contribution in [0.15, 0.2) is 197 Å². The molecule has 0 unspecified atom stereocenters. The summed E-state index contributed by atoms with van der Waals surface area (Å²) in [6.07, 6.45) is 12.8. The summed E-state index contributed by atoms with van der Waals surface area (Å²) in [5.74, 6) is -6.41. The molecular formula is C70H55F6N25O6. The Labute approximate surface area is 598 Å². The largest absolute Gasteiger partial charge is 0.382 e. The van der Waals surface area contributed by atoms with Crippen LogP contribution in [0.2, 0.25) is 0 Å². The number of halogens is 6. The molecule has 11 aromatic heterocycles. The van der Waals surface area contributed by atoms with Gasteiger partial charge in [0.15, 0.2) is 69.8 Å². The van der Waals surface area contributed by atoms with Gasteiger partial charge in [0.1, 0.15) is 75.7 Å². The highest BCUT2D eigenvalue weighted by Crippen LogP contribution is 2.32. The summed E-state index contributed by atoms with van der Waals surface area (Å²) in [7, 11) is 3.90. The van der Waals surface area contributed by atoms with Crippen molar-refractivity contribution >= 4 is 52.2 Å². The normalized spacial score (nSPS) is 11.1. The van der Waals surface area contributed by atoms with E-state index in [0.29, 0.717) is 68.9 Å². The summed E-state index contributed by atoms with van der Waals surface area (Å²) in [5, 5.41) is 39.3. The van der Waals surface area contributed by atoms with Crippen molar-refractivity contribution in [3.8, 4) is 68.7 Å². The molecule has 0 saturated carbocycles. The number of aromatic nitrogens is 18. The van der Waals surface area contributed by atoms with Crippen LogP contribution in [-0.2, 0) is 26.2 Å². The number of aromatic amines is 2. The molecule has 11 N–H and O–H groups in total. The molecule has 4 aromatic carbocycles. The Morgan fingerprint density at radius 2 is 0.879 bits per heavy atom. The Morgan fingerprint density at radius 1 is 0.477 bits per heavy atom. The molecular weight excluding hydrogens is 1400 g/mol. The van der Waals surface area contributed by atoms with Crippen LogP contribution in [0.3, 0.4) is 0 Å². The van der Waals surface area contributed by atoms with Crippen molar-refractivity contribution in [3.63, 3.8) is 0 Å². The van der Waals surface area contributed by atoms with E-state index in [-0.39, 0.29) is 106 Å². The molecule has 37 heteroatoms. The van der Waals surface area contributed by atoms with E-state index < -0.39 is 40.8 Å². The lowest BCUT2D eigenvalue weighted by Crippen LogP contribution is -2.16. The fraction of sp³-hybridized carbons (Fsp3) is 0.0857. The van der Waals surface area contributed by atoms with E-state index in [1.807, 2.05) is 31.1 Å². The first-order valence-electron chi connectivity index (χ1n) is 31.7. The Bertz CT molecular complexity index is 5430. The third-order valence-electron chi connectivity index (χ3n) is 15.7. The monoisotopic (exact) mass is 1460 g/mol. The number of nitrogens with two attached hydrogens (primary N) is 3. The van der Waals surface area contributed by atoms with Gasteiger partial charge in [-0.25, -0.2) is 56.2 Å². The zero-order valence-corrected chi connectivity index (χ0v) is 55.7. The topological polar surface area (TPSA) is 422 Å². The Hall–Kier alpha value is -14.8. The molecule has 0 aliphatic rings. The molecule has 15 rings (SSSR count). The average Bonchev–Trinajstić information content (AvgIpc) is 1.65. The van der Waals surface area contributed by atoms with Crippen molar-refractivity contribution in [1.82, 2.24) is 94.8 Å². The average molecular weight is 1460 g/mol. The van der Waals surface area contributed by atoms with Crippen LogP contribution in [0.1, 0.15) is 53.5 Å². The van der Waals surface area contributed by atoms with Gasteiger partial charge in [-0.1, -0.05) is 64.0 Å². The van der Waals surface area contributed by atoms with Crippen molar-refractivity contribution in [2.75, 3.05) is 47.2 Å². The highest BCUT2D eigenvalue weighted by atomic mass is 19.2. The third-order valence-corrected chi connectivity index (χ3v) is 15.7. The Balaban J connectivity index is 0.000000142. The van der Waals surface area contributed by atoms with Crippen molar-refractivity contribution in [1.29, 1.82) is 0 Å². The van der Waals surface area contributed by atoms with Crippen molar-refractivity contribution in [3.05, 3.63) is 257 Å². The SMILES string of the molecule is CN(C)Cc1cccc(C(=O)Nc2cnc(-c3cc(-c4ccon4)n(Cc4cccc(F)c4F)n3)nc2N)c1.Nc1nc(-c2cc(-c3ccon3)n(Cc3cccc(F)c3F)n2)ncc1NC(=O)c1cc[nH]c1.Nc1nc(-c2cc(-c3ccon3)n(Cc3cccc(F)c3F)n2)ncc1NC(=O)c1ccn[nH]1. The second-order valence-corrected chi connectivity index (χ2v) is 23.4. The van der Waals surface area contributed by atoms with Gasteiger partial charge in [-0.3, -0.25) is 33.5 Å². The molecule has 0 bridgehead atoms. The lowest BCUT2D eigenvalue weighted by molar-refractivity contribution is 0.101. The fourth-order valence-electron chi connectivity index (χ4n) is 10.5. The lowest BCUT2D eigenvalue weighted by atomic mass is 10.1. The molecule has 538 valence electrons. The van der Waals surface area contributed by atoms with Crippen LogP contribution in [0.25, 0.3) is 68.7 Å². The van der Waals surface area contributed by atoms with Gasteiger partial charge < -0.3 is 56.6 Å². The number of carbonyl (C=O) groups is 3. The molecule has 0 atom stereocenters. The Morgan fingerprint density at radius 3 is 1.23 bits per heavy atom. The van der Waals surface area contributed by atoms with Gasteiger partial charge in [0.2, 0.25) is 0 Å². The molecule has 31 nitrogen and oxygen atoms in total. The number of carbonyl (C=O) groups excluding carboxylic acids is 3. The van der Waals surface area contributed by atoms with Gasteiger partial charge in [-0.05, 0) is 80.3 Å². The number of rotatable bonds is 20. The molecule has 0 aliphatic heterocycles.